The number of esters is 1. The van der Waals surface area contributed by atoms with E-state index < -0.39 is 16.8 Å². The molecule has 0 saturated heterocycles. The van der Waals surface area contributed by atoms with E-state index in [2.05, 4.69) is 25.7 Å². The molecule has 2 aromatic carbocycles. The summed E-state index contributed by atoms with van der Waals surface area (Å²) >= 11 is 4.46. The van der Waals surface area contributed by atoms with Gasteiger partial charge in [0, 0.05) is 22.2 Å². The molecule has 0 N–H and O–H groups in total. The van der Waals surface area contributed by atoms with Crippen LogP contribution in [-0.2, 0) is 16.1 Å². The molecule has 27 heavy (non-hydrogen) atoms. The minimum absolute atomic E-state index is 0.121. The van der Waals surface area contributed by atoms with Crippen molar-refractivity contribution in [3.63, 3.8) is 0 Å². The molecule has 0 aliphatic rings. The van der Waals surface area contributed by atoms with Crippen LogP contribution in [0.3, 0.4) is 0 Å². The van der Waals surface area contributed by atoms with Crippen molar-refractivity contribution in [1.82, 2.24) is 4.57 Å². The number of carbonyl (C=O) groups is 2. The molecule has 8 nitrogen and oxygen atoms in total. The molecule has 0 saturated carbocycles. The fourth-order valence-corrected chi connectivity index (χ4v) is 3.62. The van der Waals surface area contributed by atoms with Crippen molar-refractivity contribution in [2.45, 2.75) is 6.54 Å². The SMILES string of the molecule is COC(=O)Cn1c(=NC(=O)c2ccc(Br)cc2)sc2ccc([N+](=O)[O-])cc21. The van der Waals surface area contributed by atoms with E-state index in [-0.39, 0.29) is 17.0 Å². The number of hydrogen-bond donors (Lipinski definition) is 0. The normalized spacial score (nSPS) is 11.6. The Hall–Kier alpha value is -2.85. The first-order valence-corrected chi connectivity index (χ1v) is 9.19. The number of halogens is 1. The number of ether oxygens (including phenoxy) is 1. The molecule has 1 heterocycles. The number of rotatable bonds is 4. The van der Waals surface area contributed by atoms with Crippen LogP contribution in [0, 0.1) is 10.1 Å². The van der Waals surface area contributed by atoms with Gasteiger partial charge in [-0.1, -0.05) is 27.3 Å². The molecular formula is C17H12BrN3O5S. The summed E-state index contributed by atoms with van der Waals surface area (Å²) in [5.74, 6) is -1.04. The monoisotopic (exact) mass is 449 g/mol. The largest absolute Gasteiger partial charge is 0.468 e. The van der Waals surface area contributed by atoms with Crippen LogP contribution in [0.5, 0.6) is 0 Å². The molecule has 0 fully saturated rings. The summed E-state index contributed by atoms with van der Waals surface area (Å²) in [5, 5.41) is 11.1. The summed E-state index contributed by atoms with van der Waals surface area (Å²) in [4.78, 5) is 39.1. The fraction of sp³-hybridized carbons (Fsp3) is 0.118. The van der Waals surface area contributed by atoms with E-state index in [9.17, 15) is 19.7 Å². The van der Waals surface area contributed by atoms with Crippen LogP contribution in [0.1, 0.15) is 10.4 Å². The van der Waals surface area contributed by atoms with Gasteiger partial charge in [0.25, 0.3) is 11.6 Å². The van der Waals surface area contributed by atoms with Gasteiger partial charge < -0.3 is 9.30 Å². The first kappa shape index (κ1) is 18.9. The van der Waals surface area contributed by atoms with E-state index in [4.69, 9.17) is 0 Å². The number of thiazole rings is 1. The molecule has 10 heteroatoms. The third-order valence-electron chi connectivity index (χ3n) is 3.68. The molecule has 0 unspecified atom stereocenters. The summed E-state index contributed by atoms with van der Waals surface area (Å²) in [6.45, 7) is -0.218. The first-order chi connectivity index (χ1) is 12.9. The average Bonchev–Trinajstić information content (AvgIpc) is 2.98. The fourth-order valence-electron chi connectivity index (χ4n) is 2.35. The molecule has 0 atom stereocenters. The highest BCUT2D eigenvalue weighted by Crippen LogP contribution is 2.23. The van der Waals surface area contributed by atoms with Crippen LogP contribution in [0.2, 0.25) is 0 Å². The average molecular weight is 450 g/mol. The standard InChI is InChI=1S/C17H12BrN3O5S/c1-26-15(22)9-20-13-8-12(21(24)25)6-7-14(13)27-17(20)19-16(23)10-2-4-11(18)5-3-10/h2-8H,9H2,1H3. The lowest BCUT2D eigenvalue weighted by Gasteiger charge is -2.03. The molecule has 0 radical (unpaired) electrons. The second-order valence-corrected chi connectivity index (χ2v) is 7.30. The van der Waals surface area contributed by atoms with Crippen LogP contribution in [0.4, 0.5) is 5.69 Å². The van der Waals surface area contributed by atoms with Gasteiger partial charge in [0.2, 0.25) is 0 Å². The van der Waals surface area contributed by atoms with E-state index in [1.807, 2.05) is 0 Å². The third-order valence-corrected chi connectivity index (χ3v) is 5.27. The minimum Gasteiger partial charge on any atom is -0.468 e. The molecule has 138 valence electrons. The highest BCUT2D eigenvalue weighted by molar-refractivity contribution is 9.10. The molecule has 3 aromatic rings. The van der Waals surface area contributed by atoms with E-state index in [1.165, 1.54) is 23.8 Å². The van der Waals surface area contributed by atoms with Crippen molar-refractivity contribution in [3.05, 3.63) is 67.4 Å². The Balaban J connectivity index is 2.16. The number of aromatic nitrogens is 1. The second-order valence-electron chi connectivity index (χ2n) is 5.38. The van der Waals surface area contributed by atoms with Crippen LogP contribution in [0.15, 0.2) is 51.9 Å². The number of amides is 1. The predicted octanol–water partition coefficient (Wildman–Crippen LogP) is 3.29. The lowest BCUT2D eigenvalue weighted by molar-refractivity contribution is -0.384. The van der Waals surface area contributed by atoms with Gasteiger partial charge >= 0.3 is 5.97 Å². The highest BCUT2D eigenvalue weighted by Gasteiger charge is 2.15. The van der Waals surface area contributed by atoms with E-state index >= 15 is 0 Å². The number of methoxy groups -OCH3 is 1. The zero-order chi connectivity index (χ0) is 19.6. The van der Waals surface area contributed by atoms with Gasteiger partial charge in [0.15, 0.2) is 4.80 Å². The molecule has 0 bridgehead atoms. The smallest absolute Gasteiger partial charge is 0.325 e. The maximum atomic E-state index is 12.5. The summed E-state index contributed by atoms with van der Waals surface area (Å²) in [6.07, 6.45) is 0. The van der Waals surface area contributed by atoms with Crippen molar-refractivity contribution in [1.29, 1.82) is 0 Å². The van der Waals surface area contributed by atoms with Gasteiger partial charge in [-0.3, -0.25) is 19.7 Å². The van der Waals surface area contributed by atoms with Crippen molar-refractivity contribution in [3.8, 4) is 0 Å². The number of nitro groups is 1. The van der Waals surface area contributed by atoms with E-state index in [0.29, 0.717) is 15.8 Å². The maximum absolute atomic E-state index is 12.5. The number of nitro benzene ring substituents is 1. The Bertz CT molecular complexity index is 1120. The summed E-state index contributed by atoms with van der Waals surface area (Å²) in [5.41, 5.74) is 0.693. The Morgan fingerprint density at radius 3 is 2.59 bits per heavy atom. The number of fused-ring (bicyclic) bond motifs is 1. The van der Waals surface area contributed by atoms with Crippen molar-refractivity contribution in [2.75, 3.05) is 7.11 Å². The van der Waals surface area contributed by atoms with Gasteiger partial charge in [-0.05, 0) is 30.3 Å². The maximum Gasteiger partial charge on any atom is 0.325 e. The van der Waals surface area contributed by atoms with E-state index in [0.717, 1.165) is 15.8 Å². The minimum atomic E-state index is -0.557. The summed E-state index contributed by atoms with van der Waals surface area (Å²) in [6, 6.07) is 11.0. The molecule has 0 aliphatic heterocycles. The van der Waals surface area contributed by atoms with Gasteiger partial charge in [-0.15, -0.1) is 0 Å². The number of carbonyl (C=O) groups excluding carboxylic acids is 2. The van der Waals surface area contributed by atoms with Crippen LogP contribution < -0.4 is 4.80 Å². The summed E-state index contributed by atoms with van der Waals surface area (Å²) in [7, 11) is 1.24. The Kier molecular flexibility index (Phi) is 5.47. The van der Waals surface area contributed by atoms with Gasteiger partial charge in [0.1, 0.15) is 6.54 Å². The Morgan fingerprint density at radius 1 is 1.26 bits per heavy atom. The Labute approximate surface area is 165 Å². The zero-order valence-corrected chi connectivity index (χ0v) is 16.3. The van der Waals surface area contributed by atoms with Gasteiger partial charge in [-0.25, -0.2) is 0 Å². The molecule has 1 aromatic heterocycles. The molecular weight excluding hydrogens is 438 g/mol. The van der Waals surface area contributed by atoms with Crippen molar-refractivity contribution in [2.24, 2.45) is 4.99 Å². The lowest BCUT2D eigenvalue weighted by Crippen LogP contribution is -2.22. The van der Waals surface area contributed by atoms with Crippen LogP contribution in [0.25, 0.3) is 10.2 Å². The predicted molar refractivity (Wildman–Crippen MR) is 103 cm³/mol. The number of non-ortho nitro benzene ring substituents is 1. The van der Waals surface area contributed by atoms with E-state index in [1.54, 1.807) is 30.3 Å². The van der Waals surface area contributed by atoms with Gasteiger partial charge in [0.05, 0.1) is 22.2 Å². The quantitative estimate of drug-likeness (QED) is 0.345. The number of benzene rings is 2. The van der Waals surface area contributed by atoms with Crippen molar-refractivity contribution >= 4 is 55.0 Å². The molecule has 1 amide bonds. The summed E-state index contributed by atoms with van der Waals surface area (Å²) < 4.78 is 7.61. The lowest BCUT2D eigenvalue weighted by atomic mass is 10.2. The zero-order valence-electron chi connectivity index (χ0n) is 13.9. The van der Waals surface area contributed by atoms with Crippen molar-refractivity contribution < 1.29 is 19.2 Å². The highest BCUT2D eigenvalue weighted by atomic mass is 79.9. The second kappa shape index (κ2) is 7.80. The van der Waals surface area contributed by atoms with Crippen LogP contribution in [-0.4, -0.2) is 28.5 Å². The van der Waals surface area contributed by atoms with Crippen LogP contribution >= 0.6 is 27.3 Å². The Morgan fingerprint density at radius 2 is 1.96 bits per heavy atom. The molecule has 3 rings (SSSR count). The third kappa shape index (κ3) is 4.12. The molecule has 0 spiro atoms. The molecule has 0 aliphatic carbocycles. The number of hydrogen-bond acceptors (Lipinski definition) is 6. The van der Waals surface area contributed by atoms with Gasteiger partial charge in [-0.2, -0.15) is 4.99 Å². The topological polar surface area (TPSA) is 104 Å². The first-order valence-electron chi connectivity index (χ1n) is 7.58. The number of nitrogens with zero attached hydrogens (tertiary/aromatic N) is 3.